The number of rotatable bonds is 4. The third kappa shape index (κ3) is 2.89. The monoisotopic (exact) mass is 287 g/mol. The summed E-state index contributed by atoms with van der Waals surface area (Å²) in [5.74, 6) is 0.905. The average molecular weight is 287 g/mol. The van der Waals surface area contributed by atoms with Gasteiger partial charge in [-0.05, 0) is 47.7 Å². The van der Waals surface area contributed by atoms with Gasteiger partial charge in [0.15, 0.2) is 0 Å². The van der Waals surface area contributed by atoms with Crippen molar-refractivity contribution in [3.8, 4) is 16.9 Å². The molecule has 0 bridgehead atoms. The molecule has 0 fully saturated rings. The largest absolute Gasteiger partial charge is 0.496 e. The third-order valence-electron chi connectivity index (χ3n) is 3.95. The highest BCUT2D eigenvalue weighted by atomic mass is 16.5. The van der Waals surface area contributed by atoms with Gasteiger partial charge in [0.1, 0.15) is 5.75 Å². The van der Waals surface area contributed by atoms with Crippen LogP contribution in [0.4, 0.5) is 0 Å². The van der Waals surface area contributed by atoms with Crippen LogP contribution in [-0.2, 0) is 6.42 Å². The molecule has 0 unspecified atom stereocenters. The predicted molar refractivity (Wildman–Crippen MR) is 91.3 cm³/mol. The molecule has 0 spiro atoms. The molecule has 0 heterocycles. The Labute approximate surface area is 132 Å². The first-order valence-corrected chi connectivity index (χ1v) is 7.47. The maximum atomic E-state index is 5.53. The first-order chi connectivity index (χ1) is 10.8. The van der Waals surface area contributed by atoms with Crippen molar-refractivity contribution in [3.05, 3.63) is 89.5 Å². The van der Waals surface area contributed by atoms with Crippen LogP contribution in [0.25, 0.3) is 11.1 Å². The molecule has 0 N–H and O–H groups in total. The number of hydrogen-bond donors (Lipinski definition) is 0. The Bertz CT molecular complexity index is 760. The van der Waals surface area contributed by atoms with E-state index >= 15 is 0 Å². The fraction of sp³-hybridized carbons (Fsp3) is 0.143. The van der Waals surface area contributed by atoms with Gasteiger partial charge in [-0.25, -0.2) is 0 Å². The van der Waals surface area contributed by atoms with E-state index in [9.17, 15) is 0 Å². The molecule has 22 heavy (non-hydrogen) atoms. The van der Waals surface area contributed by atoms with Gasteiger partial charge in [0.25, 0.3) is 0 Å². The van der Waals surface area contributed by atoms with E-state index in [1.54, 1.807) is 7.11 Å². The van der Waals surface area contributed by atoms with Crippen LogP contribution in [0.1, 0.15) is 16.7 Å². The van der Waals surface area contributed by atoms with Gasteiger partial charge in [-0.15, -0.1) is 0 Å². The first kappa shape index (κ1) is 14.4. The second-order valence-corrected chi connectivity index (χ2v) is 5.36. The van der Waals surface area contributed by atoms with Crippen LogP contribution in [-0.4, -0.2) is 7.11 Å². The molecule has 0 saturated carbocycles. The summed E-state index contributed by atoms with van der Waals surface area (Å²) in [6.45, 7) is 2.12. The first-order valence-electron chi connectivity index (χ1n) is 7.47. The molecule has 0 aliphatic rings. The van der Waals surface area contributed by atoms with Gasteiger partial charge in [0.2, 0.25) is 0 Å². The zero-order valence-corrected chi connectivity index (χ0v) is 13.0. The third-order valence-corrected chi connectivity index (χ3v) is 3.95. The van der Waals surface area contributed by atoms with E-state index in [0.29, 0.717) is 0 Å². The van der Waals surface area contributed by atoms with Gasteiger partial charge >= 0.3 is 0 Å². The summed E-state index contributed by atoms with van der Waals surface area (Å²) in [5.41, 5.74) is 6.15. The van der Waals surface area contributed by atoms with Crippen LogP contribution in [0.2, 0.25) is 0 Å². The van der Waals surface area contributed by atoms with Crippen molar-refractivity contribution in [3.63, 3.8) is 0 Å². The molecule has 3 aromatic rings. The van der Waals surface area contributed by atoms with E-state index in [2.05, 4.69) is 61.5 Å². The minimum Gasteiger partial charge on any atom is -0.496 e. The summed E-state index contributed by atoms with van der Waals surface area (Å²) in [6.07, 6.45) is 0.900. The summed E-state index contributed by atoms with van der Waals surface area (Å²) in [4.78, 5) is 0. The van der Waals surface area contributed by atoms with Gasteiger partial charge in [0, 0.05) is 5.56 Å². The second kappa shape index (κ2) is 6.48. The number of hydrogen-bond acceptors (Lipinski definition) is 1. The number of benzene rings is 3. The maximum absolute atomic E-state index is 5.53. The molecule has 0 amide bonds. The Morgan fingerprint density at radius 2 is 1.59 bits per heavy atom. The minimum atomic E-state index is 0.900. The fourth-order valence-electron chi connectivity index (χ4n) is 2.79. The van der Waals surface area contributed by atoms with Gasteiger partial charge in [-0.1, -0.05) is 60.7 Å². The lowest BCUT2D eigenvalue weighted by Crippen LogP contribution is -1.97. The molecule has 0 saturated heterocycles. The summed E-state index contributed by atoms with van der Waals surface area (Å²) >= 11 is 0. The summed E-state index contributed by atoms with van der Waals surface area (Å²) in [5, 5.41) is 0. The van der Waals surface area contributed by atoms with Crippen molar-refractivity contribution in [1.29, 1.82) is 0 Å². The molecule has 3 rings (SSSR count). The maximum Gasteiger partial charge on any atom is 0.126 e. The molecule has 0 atom stereocenters. The minimum absolute atomic E-state index is 0.900. The second-order valence-electron chi connectivity index (χ2n) is 5.36. The zero-order chi connectivity index (χ0) is 15.4. The standard InChI is InChI=1S/C21H19O/c1-16-9-8-13-18(19-12-6-7-14-21(19)22-2)20(16)15-17-10-4-3-5-11-17/h3-8,10-14H,15H2,1-2H3. The summed E-state index contributed by atoms with van der Waals surface area (Å²) in [7, 11) is 1.72. The number of ether oxygens (including phenoxy) is 1. The molecule has 0 aromatic heterocycles. The molecule has 1 heteroatoms. The molecule has 0 aliphatic heterocycles. The quantitative estimate of drug-likeness (QED) is 0.651. The molecule has 1 nitrogen and oxygen atoms in total. The van der Waals surface area contributed by atoms with E-state index in [1.807, 2.05) is 18.2 Å². The Morgan fingerprint density at radius 3 is 2.36 bits per heavy atom. The van der Waals surface area contributed by atoms with Gasteiger partial charge in [-0.3, -0.25) is 0 Å². The highest BCUT2D eigenvalue weighted by Crippen LogP contribution is 2.34. The number of para-hydroxylation sites is 1. The van der Waals surface area contributed by atoms with Crippen molar-refractivity contribution in [2.45, 2.75) is 13.3 Å². The van der Waals surface area contributed by atoms with Crippen molar-refractivity contribution in [1.82, 2.24) is 0 Å². The van der Waals surface area contributed by atoms with Crippen LogP contribution < -0.4 is 4.74 Å². The zero-order valence-electron chi connectivity index (χ0n) is 13.0. The summed E-state index contributed by atoms with van der Waals surface area (Å²) in [6, 6.07) is 26.2. The van der Waals surface area contributed by atoms with Crippen LogP contribution >= 0.6 is 0 Å². The lowest BCUT2D eigenvalue weighted by molar-refractivity contribution is 0.416. The number of aryl methyl sites for hydroxylation is 1. The Morgan fingerprint density at radius 1 is 0.864 bits per heavy atom. The lowest BCUT2D eigenvalue weighted by atomic mass is 9.91. The lowest BCUT2D eigenvalue weighted by Gasteiger charge is -2.15. The van der Waals surface area contributed by atoms with Crippen LogP contribution in [0.15, 0.2) is 66.7 Å². The van der Waals surface area contributed by atoms with Gasteiger partial charge in [0.05, 0.1) is 7.11 Å². The number of methoxy groups -OCH3 is 1. The molecular weight excluding hydrogens is 268 g/mol. The Kier molecular flexibility index (Phi) is 4.24. The van der Waals surface area contributed by atoms with E-state index in [0.717, 1.165) is 17.7 Å². The highest BCUT2D eigenvalue weighted by Gasteiger charge is 2.12. The fourth-order valence-corrected chi connectivity index (χ4v) is 2.79. The normalized spacial score (nSPS) is 10.5. The topological polar surface area (TPSA) is 9.23 Å². The van der Waals surface area contributed by atoms with Gasteiger partial charge < -0.3 is 4.74 Å². The molecule has 109 valence electrons. The van der Waals surface area contributed by atoms with E-state index < -0.39 is 0 Å². The van der Waals surface area contributed by atoms with E-state index in [4.69, 9.17) is 4.74 Å². The molecule has 1 radical (unpaired) electrons. The predicted octanol–water partition coefficient (Wildman–Crippen LogP) is 5.06. The van der Waals surface area contributed by atoms with Gasteiger partial charge in [-0.2, -0.15) is 0 Å². The molecule has 0 aliphatic carbocycles. The van der Waals surface area contributed by atoms with E-state index in [-0.39, 0.29) is 0 Å². The average Bonchev–Trinajstić information content (AvgIpc) is 2.57. The van der Waals surface area contributed by atoms with E-state index in [1.165, 1.54) is 22.3 Å². The molecule has 3 aromatic carbocycles. The van der Waals surface area contributed by atoms with Crippen molar-refractivity contribution in [2.75, 3.05) is 7.11 Å². The van der Waals surface area contributed by atoms with Crippen molar-refractivity contribution >= 4 is 0 Å². The SMILES string of the molecule is COc1ccccc1-c1cc[c]c(C)c1Cc1ccccc1. The smallest absolute Gasteiger partial charge is 0.126 e. The highest BCUT2D eigenvalue weighted by molar-refractivity contribution is 5.74. The summed E-state index contributed by atoms with van der Waals surface area (Å²) < 4.78 is 5.53. The van der Waals surface area contributed by atoms with Crippen LogP contribution in [0.3, 0.4) is 0 Å². The van der Waals surface area contributed by atoms with Crippen molar-refractivity contribution < 1.29 is 4.74 Å². The van der Waals surface area contributed by atoms with Crippen molar-refractivity contribution in [2.24, 2.45) is 0 Å². The van der Waals surface area contributed by atoms with Crippen LogP contribution in [0, 0.1) is 13.0 Å². The van der Waals surface area contributed by atoms with Crippen LogP contribution in [0.5, 0.6) is 5.75 Å². The Hall–Kier alpha value is -2.54. The molecular formula is C21H19O. The Balaban J connectivity index is 2.11.